The molecule has 0 aliphatic heterocycles. The third-order valence-electron chi connectivity index (χ3n) is 3.50. The summed E-state index contributed by atoms with van der Waals surface area (Å²) in [5, 5.41) is 0. The van der Waals surface area contributed by atoms with E-state index in [2.05, 4.69) is 35.6 Å². The first-order chi connectivity index (χ1) is 10.5. The molecule has 1 aromatic carbocycles. The average Bonchev–Trinajstić information content (AvgIpc) is 2.46. The number of halogens is 1. The van der Waals surface area contributed by atoms with Crippen LogP contribution in [0.4, 0.5) is 0 Å². The fourth-order valence-electron chi connectivity index (χ4n) is 2.41. The maximum atomic E-state index is 12.1. The van der Waals surface area contributed by atoms with Crippen molar-refractivity contribution >= 4 is 28.6 Å². The maximum Gasteiger partial charge on any atom is 0.306 e. The van der Waals surface area contributed by atoms with E-state index in [1.54, 1.807) is 7.11 Å². The normalized spacial score (nSPS) is 13.9. The lowest BCUT2D eigenvalue weighted by Crippen LogP contribution is -2.28. The van der Waals surface area contributed by atoms with Gasteiger partial charge in [0.1, 0.15) is 12.2 Å². The molecular formula is C18H27IO3. The predicted octanol–water partition coefficient (Wildman–Crippen LogP) is 5.13. The molecule has 0 saturated carbocycles. The molecule has 0 amide bonds. The van der Waals surface area contributed by atoms with Gasteiger partial charge in [-0.1, -0.05) is 45.4 Å². The number of methoxy groups -OCH3 is 1. The van der Waals surface area contributed by atoms with Crippen molar-refractivity contribution in [1.29, 1.82) is 0 Å². The van der Waals surface area contributed by atoms with Crippen LogP contribution < -0.4 is 0 Å². The van der Waals surface area contributed by atoms with Crippen molar-refractivity contribution in [2.24, 2.45) is 5.92 Å². The van der Waals surface area contributed by atoms with Gasteiger partial charge in [0.2, 0.25) is 0 Å². The number of hydrogen-bond donors (Lipinski definition) is 0. The molecule has 0 N–H and O–H groups in total. The second-order valence-electron chi connectivity index (χ2n) is 5.95. The van der Waals surface area contributed by atoms with Gasteiger partial charge in [-0.25, -0.2) is 0 Å². The lowest BCUT2D eigenvalue weighted by atomic mass is 9.99. The second-order valence-corrected chi connectivity index (χ2v) is 7.11. The Kier molecular flexibility index (Phi) is 9.02. The molecule has 124 valence electrons. The zero-order chi connectivity index (χ0) is 16.5. The summed E-state index contributed by atoms with van der Waals surface area (Å²) >= 11 is 2.30. The zero-order valence-corrected chi connectivity index (χ0v) is 16.1. The molecule has 4 heteroatoms. The molecule has 22 heavy (non-hydrogen) atoms. The van der Waals surface area contributed by atoms with Gasteiger partial charge in [0.25, 0.3) is 0 Å². The van der Waals surface area contributed by atoms with Gasteiger partial charge in [0, 0.05) is 17.1 Å². The number of ether oxygens (including phenoxy) is 2. The van der Waals surface area contributed by atoms with Crippen LogP contribution in [0.2, 0.25) is 0 Å². The molecule has 0 heterocycles. The van der Waals surface area contributed by atoms with Gasteiger partial charge >= 0.3 is 5.97 Å². The highest BCUT2D eigenvalue weighted by Crippen LogP contribution is 2.30. The van der Waals surface area contributed by atoms with Crippen LogP contribution in [-0.4, -0.2) is 19.2 Å². The van der Waals surface area contributed by atoms with Gasteiger partial charge in [0.05, 0.1) is 0 Å². The summed E-state index contributed by atoms with van der Waals surface area (Å²) in [5.41, 5.74) is 1.09. The Morgan fingerprint density at radius 2 is 1.95 bits per heavy atom. The standard InChI is InChI=1S/C18H27IO3/c1-5-6-11-16(22-17(20)12-13(2)3)18(21-4)14-9-7-8-10-15(14)19/h7-10,13,16,18H,5-6,11-12H2,1-4H3/t16-,18-/m0/s1. The van der Waals surface area contributed by atoms with Crippen LogP contribution in [0.1, 0.15) is 58.1 Å². The Morgan fingerprint density at radius 3 is 2.50 bits per heavy atom. The van der Waals surface area contributed by atoms with E-state index in [-0.39, 0.29) is 18.2 Å². The van der Waals surface area contributed by atoms with Crippen LogP contribution >= 0.6 is 22.6 Å². The molecule has 0 bridgehead atoms. The summed E-state index contributed by atoms with van der Waals surface area (Å²) in [5.74, 6) is 0.168. The van der Waals surface area contributed by atoms with Crippen LogP contribution in [0.25, 0.3) is 0 Å². The monoisotopic (exact) mass is 418 g/mol. The second kappa shape index (κ2) is 10.2. The lowest BCUT2D eigenvalue weighted by molar-refractivity contribution is -0.158. The summed E-state index contributed by atoms with van der Waals surface area (Å²) in [7, 11) is 1.68. The van der Waals surface area contributed by atoms with Crippen LogP contribution in [0, 0.1) is 9.49 Å². The minimum atomic E-state index is -0.230. The molecule has 0 unspecified atom stereocenters. The zero-order valence-electron chi connectivity index (χ0n) is 14.0. The maximum absolute atomic E-state index is 12.1. The fraction of sp³-hybridized carbons (Fsp3) is 0.611. The highest BCUT2D eigenvalue weighted by Gasteiger charge is 2.27. The summed E-state index contributed by atoms with van der Waals surface area (Å²) < 4.78 is 12.6. The van der Waals surface area contributed by atoms with Crippen molar-refractivity contribution in [1.82, 2.24) is 0 Å². The van der Waals surface area contributed by atoms with Crippen molar-refractivity contribution < 1.29 is 14.3 Å². The summed E-state index contributed by atoms with van der Waals surface area (Å²) in [4.78, 5) is 12.1. The molecule has 3 nitrogen and oxygen atoms in total. The van der Waals surface area contributed by atoms with E-state index in [0.29, 0.717) is 12.3 Å². The van der Waals surface area contributed by atoms with E-state index < -0.39 is 0 Å². The Bertz CT molecular complexity index is 459. The first-order valence-electron chi connectivity index (χ1n) is 7.96. The Labute approximate surface area is 147 Å². The molecule has 0 aliphatic rings. The number of esters is 1. The largest absolute Gasteiger partial charge is 0.459 e. The Morgan fingerprint density at radius 1 is 1.27 bits per heavy atom. The Balaban J connectivity index is 2.92. The van der Waals surface area contributed by atoms with Crippen LogP contribution in [0.3, 0.4) is 0 Å². The van der Waals surface area contributed by atoms with Gasteiger partial charge in [-0.2, -0.15) is 0 Å². The molecule has 0 spiro atoms. The number of benzene rings is 1. The molecule has 1 aromatic rings. The van der Waals surface area contributed by atoms with E-state index in [9.17, 15) is 4.79 Å². The number of rotatable bonds is 9. The molecular weight excluding hydrogens is 391 g/mol. The number of unbranched alkanes of at least 4 members (excludes halogenated alkanes) is 1. The molecule has 0 saturated heterocycles. The van der Waals surface area contributed by atoms with Crippen LogP contribution in [-0.2, 0) is 14.3 Å². The van der Waals surface area contributed by atoms with Gasteiger partial charge in [-0.3, -0.25) is 4.79 Å². The molecule has 0 fully saturated rings. The highest BCUT2D eigenvalue weighted by atomic mass is 127. The third kappa shape index (κ3) is 6.24. The van der Waals surface area contributed by atoms with Gasteiger partial charge < -0.3 is 9.47 Å². The van der Waals surface area contributed by atoms with Crippen molar-refractivity contribution in [3.8, 4) is 0 Å². The summed E-state index contributed by atoms with van der Waals surface area (Å²) in [6.45, 7) is 6.19. The minimum absolute atomic E-state index is 0.135. The first kappa shape index (κ1) is 19.4. The number of hydrogen-bond acceptors (Lipinski definition) is 3. The number of carbonyl (C=O) groups excluding carboxylic acids is 1. The smallest absolute Gasteiger partial charge is 0.306 e. The average molecular weight is 418 g/mol. The summed E-state index contributed by atoms with van der Waals surface area (Å²) in [6, 6.07) is 8.10. The van der Waals surface area contributed by atoms with Crippen LogP contribution in [0.5, 0.6) is 0 Å². The fourth-order valence-corrected chi connectivity index (χ4v) is 3.11. The van der Waals surface area contributed by atoms with Gasteiger partial charge in [-0.05, 0) is 53.0 Å². The molecule has 0 radical (unpaired) electrons. The SMILES string of the molecule is CCCC[C@H](OC(=O)CC(C)C)[C@@H](OC)c1ccccc1I. The van der Waals surface area contributed by atoms with E-state index in [1.807, 2.05) is 32.0 Å². The Hall–Kier alpha value is -0.620. The molecule has 0 aromatic heterocycles. The highest BCUT2D eigenvalue weighted by molar-refractivity contribution is 14.1. The van der Waals surface area contributed by atoms with E-state index in [4.69, 9.17) is 9.47 Å². The van der Waals surface area contributed by atoms with E-state index in [0.717, 1.165) is 28.4 Å². The van der Waals surface area contributed by atoms with Gasteiger partial charge in [-0.15, -0.1) is 0 Å². The molecule has 0 aliphatic carbocycles. The van der Waals surface area contributed by atoms with Crippen molar-refractivity contribution in [2.45, 2.75) is 58.7 Å². The third-order valence-corrected chi connectivity index (χ3v) is 4.49. The minimum Gasteiger partial charge on any atom is -0.459 e. The number of carbonyl (C=O) groups is 1. The van der Waals surface area contributed by atoms with E-state index in [1.165, 1.54) is 0 Å². The molecule has 2 atom stereocenters. The van der Waals surface area contributed by atoms with Gasteiger partial charge in [0.15, 0.2) is 0 Å². The van der Waals surface area contributed by atoms with Crippen molar-refractivity contribution in [3.63, 3.8) is 0 Å². The van der Waals surface area contributed by atoms with Crippen molar-refractivity contribution in [2.75, 3.05) is 7.11 Å². The van der Waals surface area contributed by atoms with Crippen molar-refractivity contribution in [3.05, 3.63) is 33.4 Å². The predicted molar refractivity (Wildman–Crippen MR) is 97.8 cm³/mol. The first-order valence-corrected chi connectivity index (χ1v) is 9.04. The lowest BCUT2D eigenvalue weighted by Gasteiger charge is -2.27. The van der Waals surface area contributed by atoms with Crippen LogP contribution in [0.15, 0.2) is 24.3 Å². The van der Waals surface area contributed by atoms with E-state index >= 15 is 0 Å². The quantitative estimate of drug-likeness (QED) is 0.412. The topological polar surface area (TPSA) is 35.5 Å². The molecule has 1 rings (SSSR count). The summed E-state index contributed by atoms with van der Waals surface area (Å²) in [6.07, 6.45) is 2.92.